The van der Waals surface area contributed by atoms with Crippen molar-refractivity contribution in [2.45, 2.75) is 38.5 Å². The Morgan fingerprint density at radius 2 is 1.92 bits per heavy atom. The van der Waals surface area contributed by atoms with Crippen LogP contribution in [0.1, 0.15) is 31.8 Å². The second kappa shape index (κ2) is 9.14. The fraction of sp³-hybridized carbons (Fsp3) is 0.600. The molecule has 140 valence electrons. The third kappa shape index (κ3) is 6.99. The lowest BCUT2D eigenvalue weighted by molar-refractivity contribution is -0.146. The lowest BCUT2D eigenvalue weighted by Gasteiger charge is -2.19. The second-order valence-corrected chi connectivity index (χ2v) is 7.76. The molecule has 0 spiro atoms. The number of methoxy groups -OCH3 is 1. The second-order valence-electron chi connectivity index (χ2n) is 5.69. The number of Topliss-reactive ketones (excluding diaryl/α,β-unsaturated/α-hetero) is 1. The Morgan fingerprint density at radius 3 is 2.40 bits per heavy atom. The van der Waals surface area contributed by atoms with Crippen LogP contribution in [0, 0.1) is 12.8 Å². The zero-order valence-corrected chi connectivity index (χ0v) is 16.0. The molecule has 1 aromatic rings. The third-order valence-electron chi connectivity index (χ3n) is 3.21. The molecule has 1 atom stereocenters. The van der Waals surface area contributed by atoms with E-state index in [1.807, 2.05) is 0 Å². The van der Waals surface area contributed by atoms with E-state index in [9.17, 15) is 19.2 Å². The van der Waals surface area contributed by atoms with Gasteiger partial charge >= 0.3 is 17.1 Å². The molecule has 0 radical (unpaired) electrons. The van der Waals surface area contributed by atoms with Crippen molar-refractivity contribution in [1.29, 1.82) is 0 Å². The van der Waals surface area contributed by atoms with Crippen molar-refractivity contribution in [3.63, 3.8) is 0 Å². The number of rotatable bonds is 8. The maximum absolute atomic E-state index is 12.0. The normalized spacial score (nSPS) is 12.5. The van der Waals surface area contributed by atoms with Gasteiger partial charge in [-0.2, -0.15) is 12.6 Å². The fourth-order valence-electron chi connectivity index (χ4n) is 1.69. The SMILES string of the molecule is COC(=O)[C@H](CSC(=O)OCc1oc(=O)oc1C)CC(=O)C(C)(C)S. The molecule has 0 saturated carbocycles. The Kier molecular flexibility index (Phi) is 7.81. The zero-order valence-electron chi connectivity index (χ0n) is 14.3. The fourth-order valence-corrected chi connectivity index (χ4v) is 2.52. The molecule has 0 fully saturated rings. The van der Waals surface area contributed by atoms with Crippen LogP contribution in [-0.4, -0.2) is 34.7 Å². The van der Waals surface area contributed by atoms with Crippen LogP contribution in [0.5, 0.6) is 0 Å². The van der Waals surface area contributed by atoms with Crippen molar-refractivity contribution in [3.8, 4) is 0 Å². The van der Waals surface area contributed by atoms with Crippen molar-refractivity contribution in [2.24, 2.45) is 5.92 Å². The summed E-state index contributed by atoms with van der Waals surface area (Å²) in [6.07, 6.45) is -0.0980. The molecule has 25 heavy (non-hydrogen) atoms. The Hall–Kier alpha value is -1.68. The van der Waals surface area contributed by atoms with E-state index >= 15 is 0 Å². The lowest BCUT2D eigenvalue weighted by Crippen LogP contribution is -2.31. The summed E-state index contributed by atoms with van der Waals surface area (Å²) in [6.45, 7) is 4.47. The highest BCUT2D eigenvalue weighted by molar-refractivity contribution is 8.13. The average molecular weight is 392 g/mol. The van der Waals surface area contributed by atoms with Crippen molar-refractivity contribution < 1.29 is 32.7 Å². The Balaban J connectivity index is 2.56. The molecule has 1 heterocycles. The highest BCUT2D eigenvalue weighted by Crippen LogP contribution is 2.23. The quantitative estimate of drug-likeness (QED) is 0.526. The number of thiol groups is 1. The molecule has 0 aliphatic carbocycles. The topological polar surface area (TPSA) is 113 Å². The van der Waals surface area contributed by atoms with Crippen LogP contribution in [0.3, 0.4) is 0 Å². The van der Waals surface area contributed by atoms with Crippen LogP contribution in [0.25, 0.3) is 0 Å². The summed E-state index contributed by atoms with van der Waals surface area (Å²) in [5, 5.41) is -0.685. The zero-order chi connectivity index (χ0) is 19.2. The summed E-state index contributed by atoms with van der Waals surface area (Å²) >= 11 is 4.89. The van der Waals surface area contributed by atoms with E-state index < -0.39 is 27.8 Å². The van der Waals surface area contributed by atoms with Gasteiger partial charge in [0.25, 0.3) is 0 Å². The van der Waals surface area contributed by atoms with Gasteiger partial charge in [0.15, 0.2) is 18.1 Å². The predicted octanol–water partition coefficient (Wildman–Crippen LogP) is 2.37. The van der Waals surface area contributed by atoms with Gasteiger partial charge in [-0.25, -0.2) is 9.59 Å². The molecule has 0 unspecified atom stereocenters. The summed E-state index contributed by atoms with van der Waals surface area (Å²) in [6, 6.07) is 0. The maximum Gasteiger partial charge on any atom is 0.519 e. The minimum absolute atomic E-state index is 0.00935. The molecule has 0 amide bonds. The summed E-state index contributed by atoms with van der Waals surface area (Å²) in [5.41, 5.74) is 0. The minimum atomic E-state index is -0.895. The van der Waals surface area contributed by atoms with Gasteiger partial charge in [0.2, 0.25) is 0 Å². The van der Waals surface area contributed by atoms with Gasteiger partial charge < -0.3 is 18.3 Å². The van der Waals surface area contributed by atoms with Gasteiger partial charge in [0, 0.05) is 12.2 Å². The van der Waals surface area contributed by atoms with Crippen LogP contribution in [0.4, 0.5) is 4.79 Å². The van der Waals surface area contributed by atoms with Crippen LogP contribution in [-0.2, 0) is 25.7 Å². The number of hydrogen-bond acceptors (Lipinski definition) is 10. The minimum Gasteiger partial charge on any atom is -0.469 e. The summed E-state index contributed by atoms with van der Waals surface area (Å²) in [7, 11) is 1.21. The molecule has 0 aromatic carbocycles. The smallest absolute Gasteiger partial charge is 0.469 e. The van der Waals surface area contributed by atoms with Crippen LogP contribution in [0.2, 0.25) is 0 Å². The molecule has 1 aromatic heterocycles. The molecular weight excluding hydrogens is 372 g/mol. The largest absolute Gasteiger partial charge is 0.519 e. The van der Waals surface area contributed by atoms with Crippen molar-refractivity contribution in [1.82, 2.24) is 0 Å². The van der Waals surface area contributed by atoms with E-state index in [-0.39, 0.29) is 36.1 Å². The van der Waals surface area contributed by atoms with Gasteiger partial charge in [0.1, 0.15) is 5.78 Å². The van der Waals surface area contributed by atoms with E-state index in [0.717, 1.165) is 11.8 Å². The molecule has 0 bridgehead atoms. The summed E-state index contributed by atoms with van der Waals surface area (Å²) < 4.78 is 18.0. The summed E-state index contributed by atoms with van der Waals surface area (Å²) in [5.74, 6) is -2.17. The number of esters is 1. The number of carbonyl (C=O) groups excluding carboxylic acids is 3. The number of hydrogen-bond donors (Lipinski definition) is 1. The molecule has 0 aliphatic rings. The average Bonchev–Trinajstić information content (AvgIpc) is 2.84. The van der Waals surface area contributed by atoms with Crippen LogP contribution in [0.15, 0.2) is 13.6 Å². The monoisotopic (exact) mass is 392 g/mol. The van der Waals surface area contributed by atoms with Crippen LogP contribution >= 0.6 is 24.4 Å². The van der Waals surface area contributed by atoms with Crippen molar-refractivity contribution in [2.75, 3.05) is 12.9 Å². The van der Waals surface area contributed by atoms with Gasteiger partial charge in [-0.3, -0.25) is 9.59 Å². The highest BCUT2D eigenvalue weighted by Gasteiger charge is 2.30. The standard InChI is InChI=1S/C15H20O8S2/c1-8-10(23-13(18)22-8)6-21-14(19)25-7-9(12(17)20-4)5-11(16)15(2,3)24/h9,24H,5-7H2,1-4H3/t9-/m0/s1. The van der Waals surface area contributed by atoms with Gasteiger partial charge in [-0.1, -0.05) is 0 Å². The van der Waals surface area contributed by atoms with E-state index in [2.05, 4.69) is 21.8 Å². The first-order chi connectivity index (χ1) is 11.5. The number of thioether (sulfide) groups is 1. The molecule has 1 rings (SSSR count). The first kappa shape index (κ1) is 21.4. The molecule has 10 heteroatoms. The molecule has 0 saturated heterocycles. The van der Waals surface area contributed by atoms with Gasteiger partial charge in [0.05, 0.1) is 17.8 Å². The number of carbonyl (C=O) groups is 3. The molecular formula is C15H20O8S2. The lowest BCUT2D eigenvalue weighted by atomic mass is 9.97. The van der Waals surface area contributed by atoms with E-state index in [4.69, 9.17) is 9.15 Å². The Bertz CT molecular complexity index is 682. The highest BCUT2D eigenvalue weighted by atomic mass is 32.2. The number of ether oxygens (including phenoxy) is 2. The predicted molar refractivity (Wildman–Crippen MR) is 92.8 cm³/mol. The maximum atomic E-state index is 12.0. The van der Waals surface area contributed by atoms with Crippen molar-refractivity contribution >= 4 is 41.4 Å². The van der Waals surface area contributed by atoms with Gasteiger partial charge in [-0.15, -0.1) is 0 Å². The van der Waals surface area contributed by atoms with Crippen molar-refractivity contribution in [3.05, 3.63) is 22.1 Å². The Morgan fingerprint density at radius 1 is 1.28 bits per heavy atom. The first-order valence-corrected chi connectivity index (χ1v) is 8.70. The van der Waals surface area contributed by atoms with E-state index in [0.29, 0.717) is 0 Å². The number of ketones is 1. The molecule has 0 aliphatic heterocycles. The van der Waals surface area contributed by atoms with E-state index in [1.54, 1.807) is 13.8 Å². The number of aryl methyl sites for hydroxylation is 1. The Labute approximate surface area is 154 Å². The van der Waals surface area contributed by atoms with Crippen LogP contribution < -0.4 is 5.82 Å². The van der Waals surface area contributed by atoms with E-state index in [1.165, 1.54) is 14.0 Å². The van der Waals surface area contributed by atoms with Gasteiger partial charge in [-0.05, 0) is 32.5 Å². The third-order valence-corrected chi connectivity index (χ3v) is 4.38. The summed E-state index contributed by atoms with van der Waals surface area (Å²) in [4.78, 5) is 46.5. The first-order valence-electron chi connectivity index (χ1n) is 7.27. The molecule has 0 N–H and O–H groups in total. The molecule has 8 nitrogen and oxygen atoms in total.